The van der Waals surface area contributed by atoms with E-state index in [0.29, 0.717) is 23.9 Å². The molecule has 0 bridgehead atoms. The van der Waals surface area contributed by atoms with Gasteiger partial charge < -0.3 is 5.32 Å². The fourth-order valence-corrected chi connectivity index (χ4v) is 4.56. The summed E-state index contributed by atoms with van der Waals surface area (Å²) in [6.07, 6.45) is 3.84. The van der Waals surface area contributed by atoms with Gasteiger partial charge in [0.1, 0.15) is 6.54 Å². The molecule has 3 atom stereocenters. The van der Waals surface area contributed by atoms with Gasteiger partial charge in [-0.3, -0.25) is 19.3 Å². The van der Waals surface area contributed by atoms with E-state index < -0.39 is 0 Å². The maximum atomic E-state index is 12.8. The van der Waals surface area contributed by atoms with Gasteiger partial charge in [0.25, 0.3) is 0 Å². The Balaban J connectivity index is 1.44. The van der Waals surface area contributed by atoms with Crippen LogP contribution in [-0.2, 0) is 14.4 Å². The highest BCUT2D eigenvalue weighted by atomic mass is 32.1. The molecule has 1 aromatic carbocycles. The lowest BCUT2D eigenvalue weighted by atomic mass is 9.73. The van der Waals surface area contributed by atoms with Gasteiger partial charge in [-0.2, -0.15) is 0 Å². The number of imide groups is 1. The molecule has 1 aromatic heterocycles. The molecule has 0 radical (unpaired) electrons. The first-order valence-corrected chi connectivity index (χ1v) is 9.61. The van der Waals surface area contributed by atoms with Crippen LogP contribution in [0, 0.1) is 11.8 Å². The SMILES string of the molecule is O=C(CN1C(=O)C2CCC(c3ccccc3)CC2C1=O)Nc1nccs1. The summed E-state index contributed by atoms with van der Waals surface area (Å²) in [6, 6.07) is 10.1. The van der Waals surface area contributed by atoms with E-state index in [1.165, 1.54) is 16.9 Å². The fourth-order valence-electron chi connectivity index (χ4n) is 4.02. The van der Waals surface area contributed by atoms with Gasteiger partial charge in [0.05, 0.1) is 11.8 Å². The highest BCUT2D eigenvalue weighted by Gasteiger charge is 2.50. The molecule has 2 aliphatic rings. The number of thiazole rings is 1. The second-order valence-corrected chi connectivity index (χ2v) is 7.68. The maximum Gasteiger partial charge on any atom is 0.246 e. The molecule has 1 N–H and O–H groups in total. The summed E-state index contributed by atoms with van der Waals surface area (Å²) in [6.45, 7) is -0.236. The molecule has 4 rings (SSSR count). The zero-order valence-electron chi connectivity index (χ0n) is 14.1. The number of aromatic nitrogens is 1. The van der Waals surface area contributed by atoms with Gasteiger partial charge in [0.15, 0.2) is 5.13 Å². The summed E-state index contributed by atoms with van der Waals surface area (Å²) in [5.41, 5.74) is 1.21. The molecule has 3 unspecified atom stereocenters. The number of benzene rings is 1. The topological polar surface area (TPSA) is 79.4 Å². The third-order valence-corrected chi connectivity index (χ3v) is 5.96. The maximum absolute atomic E-state index is 12.8. The summed E-state index contributed by atoms with van der Waals surface area (Å²) in [4.78, 5) is 42.7. The molecule has 3 amide bonds. The molecule has 6 nitrogen and oxygen atoms in total. The molecule has 2 heterocycles. The van der Waals surface area contributed by atoms with Crippen LogP contribution in [0.4, 0.5) is 5.13 Å². The molecule has 1 aliphatic heterocycles. The smallest absolute Gasteiger partial charge is 0.246 e. The minimum absolute atomic E-state index is 0.208. The van der Waals surface area contributed by atoms with Crippen LogP contribution in [0.3, 0.4) is 0 Å². The number of nitrogens with zero attached hydrogens (tertiary/aromatic N) is 2. The van der Waals surface area contributed by atoms with Crippen molar-refractivity contribution in [3.8, 4) is 0 Å². The van der Waals surface area contributed by atoms with Crippen molar-refractivity contribution in [1.82, 2.24) is 9.88 Å². The molecule has 1 saturated heterocycles. The Kier molecular flexibility index (Phi) is 4.55. The Hall–Kier alpha value is -2.54. The second kappa shape index (κ2) is 6.99. The van der Waals surface area contributed by atoms with Gasteiger partial charge >= 0.3 is 0 Å². The summed E-state index contributed by atoms with van der Waals surface area (Å²) in [5.74, 6) is -1.11. The van der Waals surface area contributed by atoms with Crippen molar-refractivity contribution in [3.63, 3.8) is 0 Å². The molecular formula is C19H19N3O3S. The summed E-state index contributed by atoms with van der Waals surface area (Å²) >= 11 is 1.30. The van der Waals surface area contributed by atoms with Crippen molar-refractivity contribution in [3.05, 3.63) is 47.5 Å². The van der Waals surface area contributed by atoms with E-state index in [9.17, 15) is 14.4 Å². The van der Waals surface area contributed by atoms with Crippen molar-refractivity contribution in [2.24, 2.45) is 11.8 Å². The highest BCUT2D eigenvalue weighted by molar-refractivity contribution is 7.13. The number of hydrogen-bond donors (Lipinski definition) is 1. The second-order valence-electron chi connectivity index (χ2n) is 6.78. The summed E-state index contributed by atoms with van der Waals surface area (Å²) < 4.78 is 0. The highest BCUT2D eigenvalue weighted by Crippen LogP contribution is 2.44. The number of nitrogens with one attached hydrogen (secondary N) is 1. The summed E-state index contributed by atoms with van der Waals surface area (Å²) in [5, 5.41) is 4.85. The fraction of sp³-hybridized carbons (Fsp3) is 0.368. The number of carbonyl (C=O) groups is 3. The number of carbonyl (C=O) groups excluding carboxylic acids is 3. The molecule has 2 aromatic rings. The van der Waals surface area contributed by atoms with Crippen LogP contribution in [0.25, 0.3) is 0 Å². The van der Waals surface area contributed by atoms with E-state index in [1.54, 1.807) is 11.6 Å². The quantitative estimate of drug-likeness (QED) is 0.841. The third kappa shape index (κ3) is 3.14. The van der Waals surface area contributed by atoms with Crippen molar-refractivity contribution < 1.29 is 14.4 Å². The van der Waals surface area contributed by atoms with Crippen LogP contribution in [0.15, 0.2) is 41.9 Å². The third-order valence-electron chi connectivity index (χ3n) is 5.27. The average Bonchev–Trinajstić information content (AvgIpc) is 3.25. The van der Waals surface area contributed by atoms with Gasteiger partial charge in [-0.05, 0) is 30.7 Å². The molecule has 134 valence electrons. The molecule has 26 heavy (non-hydrogen) atoms. The lowest BCUT2D eigenvalue weighted by Crippen LogP contribution is -2.38. The lowest BCUT2D eigenvalue weighted by Gasteiger charge is -2.28. The van der Waals surface area contributed by atoms with Crippen molar-refractivity contribution >= 4 is 34.2 Å². The van der Waals surface area contributed by atoms with Gasteiger partial charge in [0.2, 0.25) is 17.7 Å². The van der Waals surface area contributed by atoms with E-state index in [-0.39, 0.29) is 36.1 Å². The van der Waals surface area contributed by atoms with E-state index in [4.69, 9.17) is 0 Å². The van der Waals surface area contributed by atoms with Crippen LogP contribution < -0.4 is 5.32 Å². The standard InChI is InChI=1S/C19H19N3O3S/c23-16(21-19-20-8-9-26-19)11-22-17(24)14-7-6-13(10-15(14)18(22)25)12-4-2-1-3-5-12/h1-5,8-9,13-15H,6-7,10-11H2,(H,20,21,23). The predicted octanol–water partition coefficient (Wildman–Crippen LogP) is 2.65. The largest absolute Gasteiger partial charge is 0.300 e. The molecule has 1 saturated carbocycles. The number of rotatable bonds is 4. The van der Waals surface area contributed by atoms with Crippen LogP contribution in [0.5, 0.6) is 0 Å². The Morgan fingerprint density at radius 2 is 1.92 bits per heavy atom. The van der Waals surface area contributed by atoms with Crippen LogP contribution in [-0.4, -0.2) is 34.2 Å². The van der Waals surface area contributed by atoms with E-state index >= 15 is 0 Å². The zero-order valence-corrected chi connectivity index (χ0v) is 14.9. The normalized spacial score (nSPS) is 25.2. The summed E-state index contributed by atoms with van der Waals surface area (Å²) in [7, 11) is 0. The Bertz CT molecular complexity index is 822. The molecule has 7 heteroatoms. The predicted molar refractivity (Wildman–Crippen MR) is 97.5 cm³/mol. The first-order valence-electron chi connectivity index (χ1n) is 8.73. The van der Waals surface area contributed by atoms with Crippen LogP contribution in [0.1, 0.15) is 30.7 Å². The Morgan fingerprint density at radius 1 is 1.15 bits per heavy atom. The monoisotopic (exact) mass is 369 g/mol. The molecular weight excluding hydrogens is 350 g/mol. The first kappa shape index (κ1) is 16.9. The van der Waals surface area contributed by atoms with Crippen molar-refractivity contribution in [1.29, 1.82) is 0 Å². The van der Waals surface area contributed by atoms with Crippen molar-refractivity contribution in [2.75, 3.05) is 11.9 Å². The van der Waals surface area contributed by atoms with Crippen LogP contribution >= 0.6 is 11.3 Å². The van der Waals surface area contributed by atoms with E-state index in [1.807, 2.05) is 18.2 Å². The number of amides is 3. The Morgan fingerprint density at radius 3 is 2.65 bits per heavy atom. The van der Waals surface area contributed by atoms with Gasteiger partial charge in [-0.1, -0.05) is 30.3 Å². The van der Waals surface area contributed by atoms with Gasteiger partial charge in [-0.15, -0.1) is 11.3 Å². The van der Waals surface area contributed by atoms with E-state index in [0.717, 1.165) is 11.3 Å². The van der Waals surface area contributed by atoms with E-state index in [2.05, 4.69) is 22.4 Å². The molecule has 0 spiro atoms. The number of hydrogen-bond acceptors (Lipinski definition) is 5. The number of fused-ring (bicyclic) bond motifs is 1. The minimum Gasteiger partial charge on any atom is -0.300 e. The molecule has 1 aliphatic carbocycles. The van der Waals surface area contributed by atoms with Gasteiger partial charge in [-0.25, -0.2) is 4.98 Å². The lowest BCUT2D eigenvalue weighted by molar-refractivity contribution is -0.142. The van der Waals surface area contributed by atoms with Gasteiger partial charge in [0, 0.05) is 11.6 Å². The zero-order chi connectivity index (χ0) is 18.1. The average molecular weight is 369 g/mol. The first-order chi connectivity index (χ1) is 12.6. The van der Waals surface area contributed by atoms with Crippen LogP contribution in [0.2, 0.25) is 0 Å². The van der Waals surface area contributed by atoms with Crippen molar-refractivity contribution in [2.45, 2.75) is 25.2 Å². The Labute approximate surface area is 155 Å². The molecule has 2 fully saturated rings. The minimum atomic E-state index is -0.389. The number of anilines is 1. The number of likely N-dealkylation sites (tertiary alicyclic amines) is 1.